The van der Waals surface area contributed by atoms with Gasteiger partial charge in [0.05, 0.1) is 6.61 Å². The summed E-state index contributed by atoms with van der Waals surface area (Å²) < 4.78 is 36.0. The molecule has 2 rings (SSSR count). The second-order valence-corrected chi connectivity index (χ2v) is 6.18. The predicted octanol–water partition coefficient (Wildman–Crippen LogP) is 0.100. The molecule has 0 bridgehead atoms. The number of carboxylic acid groups (broad SMARTS) is 1. The molecule has 0 amide bonds. The molecule has 0 saturated carbocycles. The van der Waals surface area contributed by atoms with Crippen molar-refractivity contribution in [2.24, 2.45) is 5.73 Å². The van der Waals surface area contributed by atoms with Gasteiger partial charge in [0.2, 0.25) is 0 Å². The zero-order valence-corrected chi connectivity index (χ0v) is 11.3. The number of ether oxygens (including phenoxy) is 1. The van der Waals surface area contributed by atoms with Crippen molar-refractivity contribution < 1.29 is 27.6 Å². The Morgan fingerprint density at radius 3 is 2.65 bits per heavy atom. The van der Waals surface area contributed by atoms with Gasteiger partial charge in [-0.1, -0.05) is 18.2 Å². The van der Waals surface area contributed by atoms with E-state index in [2.05, 4.69) is 0 Å². The minimum absolute atomic E-state index is 0.140. The van der Waals surface area contributed by atoms with E-state index >= 15 is 0 Å². The highest BCUT2D eigenvalue weighted by Gasteiger charge is 2.29. The molecule has 0 radical (unpaired) electrons. The lowest BCUT2D eigenvalue weighted by molar-refractivity contribution is -0.138. The largest absolute Gasteiger partial charge is 0.480 e. The Hall–Kier alpha value is -1.48. The number of aliphatic carboxylic acids is 1. The summed E-state index contributed by atoms with van der Waals surface area (Å²) >= 11 is 0. The van der Waals surface area contributed by atoms with Crippen molar-refractivity contribution in [1.29, 1.82) is 0 Å². The number of hydrogen-bond donors (Lipinski definition) is 3. The van der Waals surface area contributed by atoms with Crippen LogP contribution in [0, 0.1) is 0 Å². The van der Waals surface area contributed by atoms with Gasteiger partial charge in [-0.3, -0.25) is 9.35 Å². The quantitative estimate of drug-likeness (QED) is 0.501. The SMILES string of the molecule is NC(Cc1ccc(CS(=O)(=O)O)c(C2CO2)c1)C(=O)O. The fraction of sp³-hybridized carbons (Fsp3) is 0.417. The minimum Gasteiger partial charge on any atom is -0.480 e. The summed E-state index contributed by atoms with van der Waals surface area (Å²) in [6, 6.07) is 3.82. The molecule has 8 heteroatoms. The van der Waals surface area contributed by atoms with E-state index in [9.17, 15) is 13.2 Å². The molecular weight excluding hydrogens is 286 g/mol. The lowest BCUT2D eigenvalue weighted by Gasteiger charge is -2.11. The van der Waals surface area contributed by atoms with Crippen LogP contribution in [0.4, 0.5) is 0 Å². The third kappa shape index (κ3) is 4.01. The molecule has 1 aromatic carbocycles. The van der Waals surface area contributed by atoms with E-state index in [1.807, 2.05) is 0 Å². The molecule has 1 saturated heterocycles. The topological polar surface area (TPSA) is 130 Å². The van der Waals surface area contributed by atoms with Gasteiger partial charge in [0.25, 0.3) is 10.1 Å². The van der Waals surface area contributed by atoms with Gasteiger partial charge in [-0.05, 0) is 23.1 Å². The maximum atomic E-state index is 11.0. The van der Waals surface area contributed by atoms with Crippen LogP contribution >= 0.6 is 0 Å². The van der Waals surface area contributed by atoms with E-state index in [0.717, 1.165) is 0 Å². The zero-order valence-electron chi connectivity index (χ0n) is 10.5. The van der Waals surface area contributed by atoms with Crippen LogP contribution in [0.25, 0.3) is 0 Å². The Balaban J connectivity index is 2.26. The Morgan fingerprint density at radius 1 is 1.50 bits per heavy atom. The third-order valence-corrected chi connectivity index (χ3v) is 3.68. The van der Waals surface area contributed by atoms with Crippen molar-refractivity contribution in [1.82, 2.24) is 0 Å². The third-order valence-electron chi connectivity index (χ3n) is 3.00. The van der Waals surface area contributed by atoms with Crippen LogP contribution in [-0.4, -0.2) is 36.7 Å². The molecule has 0 spiro atoms. The molecular formula is C12H15NO6S. The Morgan fingerprint density at radius 2 is 2.15 bits per heavy atom. The summed E-state index contributed by atoms with van der Waals surface area (Å²) in [4.78, 5) is 10.7. The van der Waals surface area contributed by atoms with Gasteiger partial charge in [0, 0.05) is 0 Å². The fourth-order valence-corrected chi connectivity index (χ4v) is 2.62. The first-order chi connectivity index (χ1) is 9.26. The summed E-state index contributed by atoms with van der Waals surface area (Å²) in [5, 5.41) is 8.78. The second-order valence-electron chi connectivity index (χ2n) is 4.73. The lowest BCUT2D eigenvalue weighted by atomic mass is 9.99. The van der Waals surface area contributed by atoms with Crippen LogP contribution in [0.3, 0.4) is 0 Å². The fourth-order valence-electron chi connectivity index (χ4n) is 1.97. The van der Waals surface area contributed by atoms with Crippen LogP contribution in [0.2, 0.25) is 0 Å². The first-order valence-corrected chi connectivity index (χ1v) is 7.54. The van der Waals surface area contributed by atoms with Gasteiger partial charge in [-0.15, -0.1) is 0 Å². The van der Waals surface area contributed by atoms with Crippen molar-refractivity contribution in [3.8, 4) is 0 Å². The molecule has 1 aromatic rings. The Labute approximate surface area is 116 Å². The standard InChI is InChI=1S/C12H15NO6S/c13-10(12(14)15)4-7-1-2-8(6-20(16,17)18)9(3-7)11-5-19-11/h1-3,10-11H,4-6,13H2,(H,14,15)(H,16,17,18). The van der Waals surface area contributed by atoms with E-state index < -0.39 is 27.9 Å². The van der Waals surface area contributed by atoms with Crippen LogP contribution < -0.4 is 5.73 Å². The molecule has 7 nitrogen and oxygen atoms in total. The molecule has 4 N–H and O–H groups in total. The molecule has 1 aliphatic heterocycles. The highest BCUT2D eigenvalue weighted by Crippen LogP contribution is 2.33. The van der Waals surface area contributed by atoms with Crippen molar-refractivity contribution in [3.63, 3.8) is 0 Å². The van der Waals surface area contributed by atoms with Gasteiger partial charge >= 0.3 is 5.97 Å². The highest BCUT2D eigenvalue weighted by atomic mass is 32.2. The maximum absolute atomic E-state index is 11.0. The van der Waals surface area contributed by atoms with E-state index in [0.29, 0.717) is 23.3 Å². The van der Waals surface area contributed by atoms with Crippen LogP contribution in [0.15, 0.2) is 18.2 Å². The number of epoxide rings is 1. The van der Waals surface area contributed by atoms with E-state index in [1.165, 1.54) is 0 Å². The lowest BCUT2D eigenvalue weighted by Crippen LogP contribution is -2.32. The average molecular weight is 301 g/mol. The molecule has 1 aliphatic rings. The van der Waals surface area contributed by atoms with Crippen molar-refractivity contribution in [2.75, 3.05) is 6.61 Å². The number of nitrogens with two attached hydrogens (primary N) is 1. The van der Waals surface area contributed by atoms with Gasteiger partial charge in [-0.2, -0.15) is 8.42 Å². The van der Waals surface area contributed by atoms with Gasteiger partial charge < -0.3 is 15.6 Å². The van der Waals surface area contributed by atoms with Crippen LogP contribution in [0.1, 0.15) is 22.8 Å². The number of hydrogen-bond acceptors (Lipinski definition) is 5. The molecule has 2 atom stereocenters. The average Bonchev–Trinajstić information content (AvgIpc) is 3.13. The number of carboxylic acids is 1. The first kappa shape index (κ1) is 14.9. The normalized spacial score (nSPS) is 19.6. The summed E-state index contributed by atoms with van der Waals surface area (Å²) in [7, 11) is -4.13. The van der Waals surface area contributed by atoms with Crippen LogP contribution in [-0.2, 0) is 31.8 Å². The summed E-state index contributed by atoms with van der Waals surface area (Å²) in [6.45, 7) is 0.479. The van der Waals surface area contributed by atoms with Crippen molar-refractivity contribution in [2.45, 2.75) is 24.3 Å². The van der Waals surface area contributed by atoms with Gasteiger partial charge in [0.15, 0.2) is 0 Å². The zero-order chi connectivity index (χ0) is 14.9. The van der Waals surface area contributed by atoms with E-state index in [-0.39, 0.29) is 12.5 Å². The van der Waals surface area contributed by atoms with E-state index in [4.69, 9.17) is 20.1 Å². The molecule has 1 heterocycles. The smallest absolute Gasteiger partial charge is 0.320 e. The van der Waals surface area contributed by atoms with Crippen molar-refractivity contribution in [3.05, 3.63) is 34.9 Å². The summed E-state index contributed by atoms with van der Waals surface area (Å²) in [5.74, 6) is -1.59. The van der Waals surface area contributed by atoms with Gasteiger partial charge in [-0.25, -0.2) is 0 Å². The van der Waals surface area contributed by atoms with Crippen molar-refractivity contribution >= 4 is 16.1 Å². The van der Waals surface area contributed by atoms with E-state index in [1.54, 1.807) is 18.2 Å². The molecule has 2 unspecified atom stereocenters. The molecule has 110 valence electrons. The first-order valence-electron chi connectivity index (χ1n) is 5.93. The Kier molecular flexibility index (Phi) is 4.09. The van der Waals surface area contributed by atoms with Gasteiger partial charge in [0.1, 0.15) is 17.9 Å². The summed E-state index contributed by atoms with van der Waals surface area (Å²) in [6.07, 6.45) is -0.0611. The maximum Gasteiger partial charge on any atom is 0.320 e. The number of rotatable bonds is 6. The molecule has 1 fully saturated rings. The minimum atomic E-state index is -4.13. The second kappa shape index (κ2) is 5.49. The highest BCUT2D eigenvalue weighted by molar-refractivity contribution is 7.85. The molecule has 0 aromatic heterocycles. The molecule has 0 aliphatic carbocycles. The number of carbonyl (C=O) groups is 1. The monoisotopic (exact) mass is 301 g/mol. The number of benzene rings is 1. The predicted molar refractivity (Wildman–Crippen MR) is 69.7 cm³/mol. The Bertz CT molecular complexity index is 623. The molecule has 20 heavy (non-hydrogen) atoms. The summed E-state index contributed by atoms with van der Waals surface area (Å²) in [5.41, 5.74) is 7.25. The van der Waals surface area contributed by atoms with Crippen LogP contribution in [0.5, 0.6) is 0 Å².